The van der Waals surface area contributed by atoms with Gasteiger partial charge in [-0.25, -0.2) is 0 Å². The van der Waals surface area contributed by atoms with Gasteiger partial charge in [-0.2, -0.15) is 20.8 Å². The number of nitrogens with zero attached hydrogens (tertiary/aromatic N) is 6. The van der Waals surface area contributed by atoms with E-state index >= 15 is 0 Å². The van der Waals surface area contributed by atoms with Gasteiger partial charge in [-0.05, 0) is 45.0 Å². The van der Waals surface area contributed by atoms with Gasteiger partial charge >= 0.3 is 0 Å². The van der Waals surface area contributed by atoms with Crippen molar-refractivity contribution in [2.45, 2.75) is 27.2 Å². The minimum atomic E-state index is -1.28. The number of anilines is 1. The van der Waals surface area contributed by atoms with E-state index in [9.17, 15) is 20.6 Å². The Morgan fingerprint density at radius 2 is 1.85 bits per heavy atom. The van der Waals surface area contributed by atoms with E-state index in [1.807, 2.05) is 24.3 Å². The number of hydrogen-bond donors (Lipinski definition) is 0. The normalized spacial score (nSPS) is 19.4. The Balaban J connectivity index is 2.39. The number of nitriles is 2. The van der Waals surface area contributed by atoms with Gasteiger partial charge in [0.05, 0.1) is 28.7 Å². The molecule has 0 saturated heterocycles. The maximum Gasteiger partial charge on any atom is 0.249 e. The summed E-state index contributed by atoms with van der Waals surface area (Å²) >= 11 is 0. The van der Waals surface area contributed by atoms with Crippen LogP contribution >= 0.6 is 0 Å². The van der Waals surface area contributed by atoms with Crippen LogP contribution in [0.2, 0.25) is 0 Å². The Morgan fingerprint density at radius 1 is 1.22 bits per heavy atom. The molecule has 27 heavy (non-hydrogen) atoms. The van der Waals surface area contributed by atoms with Gasteiger partial charge in [0.2, 0.25) is 5.70 Å². The fourth-order valence-corrected chi connectivity index (χ4v) is 2.91. The molecule has 0 aromatic heterocycles. The lowest BCUT2D eigenvalue weighted by atomic mass is 9.78. The summed E-state index contributed by atoms with van der Waals surface area (Å²) in [5.74, 6) is 0. The summed E-state index contributed by atoms with van der Waals surface area (Å²) < 4.78 is 0. The van der Waals surface area contributed by atoms with Gasteiger partial charge < -0.3 is 4.90 Å². The number of benzene rings is 1. The monoisotopic (exact) mass is 364 g/mol. The molecule has 0 bridgehead atoms. The van der Waals surface area contributed by atoms with Crippen molar-refractivity contribution in [1.82, 2.24) is 0 Å². The van der Waals surface area contributed by atoms with E-state index in [0.717, 1.165) is 24.9 Å². The molecule has 0 spiro atoms. The molecule has 138 valence electrons. The largest absolute Gasteiger partial charge is 0.372 e. The third-order valence-electron chi connectivity index (χ3n) is 4.47. The average molecular weight is 364 g/mol. The Hall–Kier alpha value is -3.52. The lowest BCUT2D eigenvalue weighted by Crippen LogP contribution is -2.24. The minimum absolute atomic E-state index is 0.0134. The highest BCUT2D eigenvalue weighted by molar-refractivity contribution is 5.53. The predicted octanol–water partition coefficient (Wildman–Crippen LogP) is 4.49. The molecular formula is C19H20N6O2. The topological polar surface area (TPSA) is 119 Å². The molecule has 1 aliphatic rings. The van der Waals surface area contributed by atoms with Crippen LogP contribution in [0.4, 0.5) is 11.4 Å². The molecule has 0 saturated carbocycles. The van der Waals surface area contributed by atoms with E-state index in [1.165, 1.54) is 6.92 Å². The first-order valence-electron chi connectivity index (χ1n) is 8.56. The zero-order valence-electron chi connectivity index (χ0n) is 15.5. The van der Waals surface area contributed by atoms with E-state index in [2.05, 4.69) is 29.0 Å². The number of azo groups is 1. The van der Waals surface area contributed by atoms with Crippen LogP contribution in [0.25, 0.3) is 0 Å². The molecule has 0 amide bonds. The van der Waals surface area contributed by atoms with Crippen molar-refractivity contribution in [3.8, 4) is 12.1 Å². The lowest BCUT2D eigenvalue weighted by molar-refractivity contribution is -0.429. The molecule has 0 radical (unpaired) electrons. The van der Waals surface area contributed by atoms with E-state index in [0.29, 0.717) is 5.69 Å². The molecule has 1 unspecified atom stereocenters. The smallest absolute Gasteiger partial charge is 0.249 e. The number of nitro groups is 1. The van der Waals surface area contributed by atoms with Crippen molar-refractivity contribution >= 4 is 11.4 Å². The molecule has 1 aliphatic carbocycles. The predicted molar refractivity (Wildman–Crippen MR) is 101 cm³/mol. The highest BCUT2D eigenvalue weighted by Gasteiger charge is 2.40. The molecule has 2 rings (SSSR count). The standard InChI is InChI=1S/C19H20N6O2/c1-4-24(5-2)16-8-6-15(7-9-16)22-23-18-14(12-20)10-17(25(26)27)11-19(18,3)13-21/h6-10H,4-5,11H2,1-3H3. The molecular weight excluding hydrogens is 344 g/mol. The minimum Gasteiger partial charge on any atom is -0.372 e. The molecule has 0 fully saturated rings. The van der Waals surface area contributed by atoms with Crippen LogP contribution in [0.5, 0.6) is 0 Å². The summed E-state index contributed by atoms with van der Waals surface area (Å²) in [5, 5.41) is 38.2. The first-order chi connectivity index (χ1) is 12.9. The van der Waals surface area contributed by atoms with Gasteiger partial charge in [0.25, 0.3) is 0 Å². The van der Waals surface area contributed by atoms with Crippen LogP contribution in [0.1, 0.15) is 27.2 Å². The van der Waals surface area contributed by atoms with Crippen LogP contribution in [-0.4, -0.2) is 18.0 Å². The van der Waals surface area contributed by atoms with Crippen molar-refractivity contribution in [3.63, 3.8) is 0 Å². The molecule has 0 aliphatic heterocycles. The van der Waals surface area contributed by atoms with Crippen LogP contribution in [-0.2, 0) is 0 Å². The van der Waals surface area contributed by atoms with Crippen molar-refractivity contribution < 1.29 is 4.92 Å². The summed E-state index contributed by atoms with van der Waals surface area (Å²) in [5.41, 5.74) is 0.297. The summed E-state index contributed by atoms with van der Waals surface area (Å²) in [6.07, 6.45) is 1.04. The zero-order chi connectivity index (χ0) is 20.0. The van der Waals surface area contributed by atoms with Crippen molar-refractivity contribution in [1.29, 1.82) is 10.5 Å². The number of hydrogen-bond acceptors (Lipinski definition) is 7. The summed E-state index contributed by atoms with van der Waals surface area (Å²) in [4.78, 5) is 12.7. The third kappa shape index (κ3) is 4.18. The SMILES string of the molecule is CCN(CC)c1ccc(N=NC2=C(C#N)C=C([N+](=O)[O-])CC2(C)C#N)cc1. The number of rotatable bonds is 6. The van der Waals surface area contributed by atoms with Gasteiger partial charge in [0.1, 0.15) is 17.2 Å². The maximum atomic E-state index is 11.1. The van der Waals surface area contributed by atoms with Gasteiger partial charge in [-0.3, -0.25) is 10.1 Å². The van der Waals surface area contributed by atoms with Crippen molar-refractivity contribution in [3.05, 3.63) is 57.4 Å². The summed E-state index contributed by atoms with van der Waals surface area (Å²) in [6.45, 7) is 7.46. The van der Waals surface area contributed by atoms with Crippen molar-refractivity contribution in [2.75, 3.05) is 18.0 Å². The van der Waals surface area contributed by atoms with Gasteiger partial charge in [-0.1, -0.05) is 0 Å². The molecule has 8 heteroatoms. The summed E-state index contributed by atoms with van der Waals surface area (Å²) in [6, 6.07) is 11.4. The van der Waals surface area contributed by atoms with Crippen LogP contribution in [0.15, 0.2) is 57.5 Å². The molecule has 0 N–H and O–H groups in total. The second-order valence-electron chi connectivity index (χ2n) is 6.28. The quantitative estimate of drug-likeness (QED) is 0.418. The second kappa shape index (κ2) is 8.24. The van der Waals surface area contributed by atoms with E-state index in [1.54, 1.807) is 12.1 Å². The van der Waals surface area contributed by atoms with Crippen LogP contribution in [0.3, 0.4) is 0 Å². The van der Waals surface area contributed by atoms with E-state index in [-0.39, 0.29) is 23.4 Å². The first kappa shape index (κ1) is 19.8. The third-order valence-corrected chi connectivity index (χ3v) is 4.47. The van der Waals surface area contributed by atoms with Gasteiger partial charge in [-0.15, -0.1) is 0 Å². The Kier molecular flexibility index (Phi) is 6.04. The van der Waals surface area contributed by atoms with Crippen LogP contribution in [0, 0.1) is 38.2 Å². The molecule has 1 aromatic carbocycles. The Morgan fingerprint density at radius 3 is 2.33 bits per heavy atom. The fourth-order valence-electron chi connectivity index (χ4n) is 2.91. The Bertz CT molecular complexity index is 898. The average Bonchev–Trinajstić information content (AvgIpc) is 2.68. The highest BCUT2D eigenvalue weighted by Crippen LogP contribution is 2.41. The zero-order valence-corrected chi connectivity index (χ0v) is 15.5. The second-order valence-corrected chi connectivity index (χ2v) is 6.28. The van der Waals surface area contributed by atoms with E-state index in [4.69, 9.17) is 0 Å². The van der Waals surface area contributed by atoms with E-state index < -0.39 is 10.3 Å². The van der Waals surface area contributed by atoms with Gasteiger partial charge in [0.15, 0.2) is 0 Å². The molecule has 1 atom stereocenters. The van der Waals surface area contributed by atoms with Crippen LogP contribution < -0.4 is 4.90 Å². The first-order valence-corrected chi connectivity index (χ1v) is 8.56. The molecule has 1 aromatic rings. The maximum absolute atomic E-state index is 11.1. The number of allylic oxidation sites excluding steroid dienone is 4. The molecule has 8 nitrogen and oxygen atoms in total. The van der Waals surface area contributed by atoms with Gasteiger partial charge in [0, 0.05) is 24.9 Å². The van der Waals surface area contributed by atoms with Crippen molar-refractivity contribution in [2.24, 2.45) is 15.6 Å². The molecule has 0 heterocycles. The fraction of sp³-hybridized carbons (Fsp3) is 0.368. The highest BCUT2D eigenvalue weighted by atomic mass is 16.6. The Labute approximate surface area is 157 Å². The summed E-state index contributed by atoms with van der Waals surface area (Å²) in [7, 11) is 0. The lowest BCUT2D eigenvalue weighted by Gasteiger charge is -2.23.